The van der Waals surface area contributed by atoms with Gasteiger partial charge in [-0.2, -0.15) is 0 Å². The van der Waals surface area contributed by atoms with Gasteiger partial charge < -0.3 is 5.32 Å². The molecule has 0 fully saturated rings. The van der Waals surface area contributed by atoms with Crippen LogP contribution in [0.3, 0.4) is 0 Å². The summed E-state index contributed by atoms with van der Waals surface area (Å²) in [5.41, 5.74) is 2.92. The van der Waals surface area contributed by atoms with Gasteiger partial charge in [0.05, 0.1) is 0 Å². The van der Waals surface area contributed by atoms with E-state index < -0.39 is 0 Å². The van der Waals surface area contributed by atoms with Crippen molar-refractivity contribution >= 4 is 0 Å². The van der Waals surface area contributed by atoms with E-state index in [1.54, 1.807) is 0 Å². The highest BCUT2D eigenvalue weighted by Gasteiger charge is 2.10. The van der Waals surface area contributed by atoms with Gasteiger partial charge in [0.1, 0.15) is 0 Å². The maximum absolute atomic E-state index is 3.56. The van der Waals surface area contributed by atoms with E-state index >= 15 is 0 Å². The summed E-state index contributed by atoms with van der Waals surface area (Å²) in [7, 11) is 0. The second-order valence-corrected chi connectivity index (χ2v) is 5.01. The van der Waals surface area contributed by atoms with E-state index in [1.165, 1.54) is 17.5 Å². The molecular weight excluding hydrogens is 194 g/mol. The lowest BCUT2D eigenvalue weighted by atomic mass is 9.92. The summed E-state index contributed by atoms with van der Waals surface area (Å²) >= 11 is 0. The first-order valence-electron chi connectivity index (χ1n) is 6.41. The van der Waals surface area contributed by atoms with Crippen LogP contribution >= 0.6 is 0 Å². The van der Waals surface area contributed by atoms with Crippen molar-refractivity contribution in [2.45, 2.75) is 40.0 Å². The zero-order valence-corrected chi connectivity index (χ0v) is 11.1. The van der Waals surface area contributed by atoms with Crippen molar-refractivity contribution in [1.82, 2.24) is 5.32 Å². The van der Waals surface area contributed by atoms with Crippen LogP contribution in [0.1, 0.15) is 44.2 Å². The van der Waals surface area contributed by atoms with Gasteiger partial charge in [-0.3, -0.25) is 0 Å². The molecule has 0 saturated heterocycles. The Bertz CT molecular complexity index is 304. The highest BCUT2D eigenvalue weighted by molar-refractivity contribution is 5.29. The summed E-state index contributed by atoms with van der Waals surface area (Å²) in [6.45, 7) is 11.2. The predicted octanol–water partition coefficient (Wildman–Crippen LogP) is 3.73. The van der Waals surface area contributed by atoms with Gasteiger partial charge in [-0.15, -0.1) is 0 Å². The number of aryl methyl sites for hydroxylation is 1. The monoisotopic (exact) mass is 219 g/mol. The number of rotatable bonds is 6. The molecule has 1 aromatic carbocycles. The Morgan fingerprint density at radius 2 is 1.81 bits per heavy atom. The fourth-order valence-electron chi connectivity index (χ4n) is 2.07. The summed E-state index contributed by atoms with van der Waals surface area (Å²) in [6, 6.07) is 8.74. The average molecular weight is 219 g/mol. The van der Waals surface area contributed by atoms with Crippen LogP contribution in [0, 0.1) is 12.8 Å². The second-order valence-electron chi connectivity index (χ2n) is 5.01. The average Bonchev–Trinajstić information content (AvgIpc) is 2.25. The van der Waals surface area contributed by atoms with Crippen molar-refractivity contribution in [3.05, 3.63) is 35.4 Å². The summed E-state index contributed by atoms with van der Waals surface area (Å²) in [6.07, 6.45) is 1.20. The molecule has 1 N–H and O–H groups in total. The summed E-state index contributed by atoms with van der Waals surface area (Å²) in [5.74, 6) is 1.38. The molecule has 0 spiro atoms. The zero-order chi connectivity index (χ0) is 12.0. The third kappa shape index (κ3) is 3.97. The van der Waals surface area contributed by atoms with E-state index in [2.05, 4.69) is 57.3 Å². The minimum absolute atomic E-state index is 0.653. The summed E-state index contributed by atoms with van der Waals surface area (Å²) in [4.78, 5) is 0. The molecule has 0 amide bonds. The van der Waals surface area contributed by atoms with Crippen LogP contribution in [0.2, 0.25) is 0 Å². The second kappa shape index (κ2) is 6.70. The minimum atomic E-state index is 0.653. The molecule has 1 nitrogen and oxygen atoms in total. The molecule has 1 atom stereocenters. The van der Waals surface area contributed by atoms with Crippen molar-refractivity contribution in [1.29, 1.82) is 0 Å². The van der Waals surface area contributed by atoms with Gasteiger partial charge in [0.2, 0.25) is 0 Å². The Morgan fingerprint density at radius 3 is 2.38 bits per heavy atom. The molecule has 0 bridgehead atoms. The first kappa shape index (κ1) is 13.2. The predicted molar refractivity (Wildman–Crippen MR) is 71.9 cm³/mol. The maximum Gasteiger partial charge on any atom is 0.00202 e. The van der Waals surface area contributed by atoms with Gasteiger partial charge in [0.25, 0.3) is 0 Å². The largest absolute Gasteiger partial charge is 0.316 e. The first-order chi connectivity index (χ1) is 7.65. The van der Waals surface area contributed by atoms with E-state index in [0.717, 1.165) is 19.0 Å². The fourth-order valence-corrected chi connectivity index (χ4v) is 2.07. The Balaban J connectivity index is 2.57. The van der Waals surface area contributed by atoms with Crippen LogP contribution in [-0.2, 0) is 0 Å². The van der Waals surface area contributed by atoms with Crippen molar-refractivity contribution in [3.63, 3.8) is 0 Å². The molecule has 1 rings (SSSR count). The first-order valence-corrected chi connectivity index (χ1v) is 6.41. The number of hydrogen-bond donors (Lipinski definition) is 1. The molecule has 0 aliphatic carbocycles. The maximum atomic E-state index is 3.56. The molecule has 0 radical (unpaired) electrons. The van der Waals surface area contributed by atoms with Crippen LogP contribution < -0.4 is 5.32 Å². The van der Waals surface area contributed by atoms with E-state index in [4.69, 9.17) is 0 Å². The lowest BCUT2D eigenvalue weighted by Gasteiger charge is -2.19. The number of nitrogens with one attached hydrogen (secondary N) is 1. The Labute approximate surface area is 100 Å². The Kier molecular flexibility index (Phi) is 5.54. The molecule has 16 heavy (non-hydrogen) atoms. The highest BCUT2D eigenvalue weighted by Crippen LogP contribution is 2.21. The molecule has 0 saturated carbocycles. The highest BCUT2D eigenvalue weighted by atomic mass is 14.9. The van der Waals surface area contributed by atoms with Crippen LogP contribution in [0.15, 0.2) is 24.3 Å². The van der Waals surface area contributed by atoms with Crippen LogP contribution in [0.5, 0.6) is 0 Å². The Hall–Kier alpha value is -0.820. The number of hydrogen-bond acceptors (Lipinski definition) is 1. The SMILES string of the molecule is CCC(CNCC(C)C)c1ccccc1C. The molecule has 0 aromatic heterocycles. The lowest BCUT2D eigenvalue weighted by Crippen LogP contribution is -2.25. The van der Waals surface area contributed by atoms with Gasteiger partial charge in [-0.1, -0.05) is 45.0 Å². The quantitative estimate of drug-likeness (QED) is 0.768. The topological polar surface area (TPSA) is 12.0 Å². The van der Waals surface area contributed by atoms with Gasteiger partial charge in [0, 0.05) is 6.54 Å². The molecule has 1 heteroatoms. The van der Waals surface area contributed by atoms with Crippen LogP contribution in [0.4, 0.5) is 0 Å². The summed E-state index contributed by atoms with van der Waals surface area (Å²) < 4.78 is 0. The van der Waals surface area contributed by atoms with Crippen LogP contribution in [-0.4, -0.2) is 13.1 Å². The molecule has 90 valence electrons. The van der Waals surface area contributed by atoms with E-state index in [9.17, 15) is 0 Å². The molecule has 0 aliphatic heterocycles. The molecule has 1 aromatic rings. The molecular formula is C15H25N. The molecule has 0 heterocycles. The summed E-state index contributed by atoms with van der Waals surface area (Å²) in [5, 5.41) is 3.56. The van der Waals surface area contributed by atoms with Gasteiger partial charge in [-0.25, -0.2) is 0 Å². The molecule has 1 unspecified atom stereocenters. The third-order valence-corrected chi connectivity index (χ3v) is 3.06. The van der Waals surface area contributed by atoms with E-state index in [-0.39, 0.29) is 0 Å². The van der Waals surface area contributed by atoms with E-state index in [0.29, 0.717) is 5.92 Å². The van der Waals surface area contributed by atoms with Gasteiger partial charge >= 0.3 is 0 Å². The standard InChI is InChI=1S/C15H25N/c1-5-14(11-16-10-12(2)3)15-9-7-6-8-13(15)4/h6-9,12,14,16H,5,10-11H2,1-4H3. The zero-order valence-electron chi connectivity index (χ0n) is 11.1. The van der Waals surface area contributed by atoms with Crippen molar-refractivity contribution in [3.8, 4) is 0 Å². The smallest absolute Gasteiger partial charge is 0.00202 e. The fraction of sp³-hybridized carbons (Fsp3) is 0.600. The van der Waals surface area contributed by atoms with Gasteiger partial charge in [-0.05, 0) is 42.9 Å². The minimum Gasteiger partial charge on any atom is -0.316 e. The van der Waals surface area contributed by atoms with Gasteiger partial charge in [0.15, 0.2) is 0 Å². The van der Waals surface area contributed by atoms with Crippen molar-refractivity contribution in [2.24, 2.45) is 5.92 Å². The van der Waals surface area contributed by atoms with Crippen molar-refractivity contribution < 1.29 is 0 Å². The third-order valence-electron chi connectivity index (χ3n) is 3.06. The number of benzene rings is 1. The van der Waals surface area contributed by atoms with E-state index in [1.807, 2.05) is 0 Å². The normalized spacial score (nSPS) is 13.1. The van der Waals surface area contributed by atoms with Crippen LogP contribution in [0.25, 0.3) is 0 Å². The molecule has 0 aliphatic rings. The Morgan fingerprint density at radius 1 is 1.12 bits per heavy atom. The lowest BCUT2D eigenvalue weighted by molar-refractivity contribution is 0.508. The van der Waals surface area contributed by atoms with Crippen molar-refractivity contribution in [2.75, 3.05) is 13.1 Å².